The molecular formula is C69H95N5O25S4. The maximum Gasteiger partial charge on any atom is 0.425 e. The Bertz CT molecular complexity index is 3810. The van der Waals surface area contributed by atoms with Gasteiger partial charge in [-0.2, -0.15) is 4.58 Å². The van der Waals surface area contributed by atoms with Gasteiger partial charge in [0.15, 0.2) is 5.71 Å². The van der Waals surface area contributed by atoms with Crippen LogP contribution >= 0.6 is 0 Å². The molecule has 1 aliphatic carbocycles. The monoisotopic (exact) mass is 1520 g/mol. The van der Waals surface area contributed by atoms with Crippen LogP contribution in [0.5, 0.6) is 5.75 Å². The fraction of sp³-hybridized carbons (Fsp3) is 0.536. The SMILES string of the molecule is CCCC[N+]1=C(C=CC2=C(Oc3ccccc3)C(=CC=C3N(CCCCCC(=O)NCCOCCOCCOCCOCCC(=O)NCCCC[C@@H](OC=O)OC(=O)N[C@@H](CCC)C(=O)O)c4ccc(S(=O)(=O)[O-])cc4C3(C)C)CCC2)C(C)(C)c2ccccc21.O=S(=O)=O.O=S(=O)=O.O=S(=O)=O. The number of carbonyl (C=O) groups is 5. The van der Waals surface area contributed by atoms with Crippen LogP contribution in [0, 0.1) is 0 Å². The molecule has 0 aromatic heterocycles. The van der Waals surface area contributed by atoms with E-state index in [1.165, 1.54) is 29.1 Å². The van der Waals surface area contributed by atoms with Gasteiger partial charge in [-0.1, -0.05) is 89.4 Å². The Hall–Kier alpha value is -8.35. The summed E-state index contributed by atoms with van der Waals surface area (Å²) < 4.78 is 154. The van der Waals surface area contributed by atoms with E-state index in [0.29, 0.717) is 98.0 Å². The number of para-hydroxylation sites is 2. The first-order valence-corrected chi connectivity index (χ1v) is 38.0. The van der Waals surface area contributed by atoms with Crippen molar-refractivity contribution in [3.63, 3.8) is 0 Å². The van der Waals surface area contributed by atoms with Gasteiger partial charge in [0.2, 0.25) is 23.8 Å². The molecular weight excluding hydrogens is 1430 g/mol. The largest absolute Gasteiger partial charge is 0.744 e. The molecule has 3 aromatic rings. The fourth-order valence-electron chi connectivity index (χ4n) is 11.4. The first-order valence-electron chi connectivity index (χ1n) is 33.6. The van der Waals surface area contributed by atoms with Crippen molar-refractivity contribution < 1.29 is 118 Å². The molecule has 0 fully saturated rings. The summed E-state index contributed by atoms with van der Waals surface area (Å²) in [5, 5.41) is 17.2. The molecule has 570 valence electrons. The van der Waals surface area contributed by atoms with Crippen molar-refractivity contribution in [1.29, 1.82) is 0 Å². The van der Waals surface area contributed by atoms with Crippen LogP contribution < -0.4 is 25.6 Å². The molecule has 2 heterocycles. The smallest absolute Gasteiger partial charge is 0.425 e. The van der Waals surface area contributed by atoms with Crippen molar-refractivity contribution in [3.05, 3.63) is 131 Å². The summed E-state index contributed by atoms with van der Waals surface area (Å²) in [6.07, 6.45) is 16.0. The predicted octanol–water partition coefficient (Wildman–Crippen LogP) is 7.33. The number of fused-ring (bicyclic) bond motifs is 2. The van der Waals surface area contributed by atoms with Crippen LogP contribution in [-0.4, -0.2) is 188 Å². The molecule has 0 bridgehead atoms. The standard InChI is InChI=1S/C69H95N5O16S.3O3S/c1-7-9-39-73-58-27-16-15-26-55(58)68(3,4)60(73)34-30-51-22-20-23-52(65(51)89-53-24-12-10-13-25-53)31-35-61-69(5,6)56-49-54(91(81,82)83)32-33-59(56)74(61)40-19-11-14-28-62(76)71-38-42-85-44-46-87-48-47-86-45-43-84-41-36-63(77)70-37-18-17-29-64(88-50-75)90-67(80)72-57(21-8-2)66(78)79;3*1-4(2)3/h10,12-13,15-16,24-27,30-35,49-50,57,64H,7-9,11,14,17-23,28-29,36-48H2,1-6H3,(H4-,70,71,72,76,77,78,79,80,81,82,83);;;/t57-,64-;;;/m0.../s1. The molecule has 3 amide bonds. The first-order chi connectivity index (χ1) is 49.0. The highest BCUT2D eigenvalue weighted by Crippen LogP contribution is 2.49. The molecule has 0 saturated carbocycles. The Kier molecular flexibility index (Phi) is 41.3. The number of hydrogen-bond acceptors (Lipinski definition) is 25. The number of anilines is 1. The van der Waals surface area contributed by atoms with E-state index in [1.54, 1.807) is 13.0 Å². The maximum absolute atomic E-state index is 12.8. The number of alkyl carbamates (subject to hydrolysis) is 1. The highest BCUT2D eigenvalue weighted by Gasteiger charge is 2.44. The molecule has 4 N–H and O–H groups in total. The molecule has 3 aromatic carbocycles. The minimum absolute atomic E-state index is 0.0655. The Morgan fingerprint density at radius 2 is 1.26 bits per heavy atom. The summed E-state index contributed by atoms with van der Waals surface area (Å²) in [6.45, 7) is 17.7. The van der Waals surface area contributed by atoms with E-state index in [1.807, 2.05) is 30.3 Å². The van der Waals surface area contributed by atoms with Crippen LogP contribution in [0.15, 0.2) is 125 Å². The Morgan fingerprint density at radius 3 is 1.87 bits per heavy atom. The molecule has 0 spiro atoms. The number of amides is 3. The second kappa shape index (κ2) is 47.8. The van der Waals surface area contributed by atoms with Crippen LogP contribution in [-0.2, 0) is 100 Å². The van der Waals surface area contributed by atoms with Gasteiger partial charge in [0, 0.05) is 79.8 Å². The number of allylic oxidation sites excluding steroid dienone is 7. The molecule has 0 saturated heterocycles. The van der Waals surface area contributed by atoms with E-state index in [2.05, 4.69) is 109 Å². The van der Waals surface area contributed by atoms with E-state index in [-0.39, 0.29) is 54.5 Å². The second-order valence-electron chi connectivity index (χ2n) is 24.4. The van der Waals surface area contributed by atoms with Gasteiger partial charge in [-0.3, -0.25) is 14.4 Å². The zero-order valence-electron chi connectivity index (χ0n) is 58.8. The molecule has 6 rings (SSSR count). The van der Waals surface area contributed by atoms with Crippen LogP contribution in [0.3, 0.4) is 0 Å². The quantitative estimate of drug-likeness (QED) is 0.0142. The summed E-state index contributed by atoms with van der Waals surface area (Å²) in [5.41, 5.74) is 7.71. The summed E-state index contributed by atoms with van der Waals surface area (Å²) in [5.74, 6) is 0.103. The Labute approximate surface area is 606 Å². The van der Waals surface area contributed by atoms with Gasteiger partial charge in [0.1, 0.15) is 34.2 Å². The van der Waals surface area contributed by atoms with E-state index in [4.69, 9.17) is 71.0 Å². The second-order valence-corrected chi connectivity index (χ2v) is 27.0. The number of benzene rings is 3. The molecule has 0 radical (unpaired) electrons. The topological polar surface area (TPSA) is 423 Å². The normalized spacial score (nSPS) is 15.4. The number of carboxylic acid groups (broad SMARTS) is 1. The summed E-state index contributed by atoms with van der Waals surface area (Å²) in [4.78, 5) is 61.2. The maximum atomic E-state index is 12.8. The summed E-state index contributed by atoms with van der Waals surface area (Å²) >= 11 is 0. The molecule has 34 heteroatoms. The van der Waals surface area contributed by atoms with Gasteiger partial charge in [-0.15, -0.1) is 37.9 Å². The van der Waals surface area contributed by atoms with Gasteiger partial charge < -0.3 is 63.7 Å². The first kappa shape index (κ1) is 88.9. The van der Waals surface area contributed by atoms with Gasteiger partial charge in [-0.25, -0.2) is 18.0 Å². The predicted molar refractivity (Wildman–Crippen MR) is 374 cm³/mol. The summed E-state index contributed by atoms with van der Waals surface area (Å²) in [7, 11) is -14.0. The van der Waals surface area contributed by atoms with Crippen molar-refractivity contribution in [3.8, 4) is 5.75 Å². The third kappa shape index (κ3) is 33.3. The van der Waals surface area contributed by atoms with Crippen molar-refractivity contribution in [2.75, 3.05) is 83.9 Å². The van der Waals surface area contributed by atoms with Gasteiger partial charge in [0.05, 0.1) is 63.2 Å². The molecule has 30 nitrogen and oxygen atoms in total. The average molecular weight is 1520 g/mol. The minimum atomic E-state index is -4.71. The lowest BCUT2D eigenvalue weighted by Crippen LogP contribution is -2.42. The van der Waals surface area contributed by atoms with E-state index in [0.717, 1.165) is 91.1 Å². The third-order valence-electron chi connectivity index (χ3n) is 16.3. The number of nitrogens with zero attached hydrogens (tertiary/aromatic N) is 2. The van der Waals surface area contributed by atoms with Crippen LogP contribution in [0.2, 0.25) is 0 Å². The van der Waals surface area contributed by atoms with Crippen LogP contribution in [0.4, 0.5) is 16.2 Å². The lowest BCUT2D eigenvalue weighted by atomic mass is 9.81. The number of hydrogen-bond donors (Lipinski definition) is 4. The van der Waals surface area contributed by atoms with Crippen molar-refractivity contribution in [2.24, 2.45) is 0 Å². The van der Waals surface area contributed by atoms with E-state index < -0.39 is 71.8 Å². The van der Waals surface area contributed by atoms with Crippen molar-refractivity contribution >= 4 is 89.4 Å². The van der Waals surface area contributed by atoms with Gasteiger partial charge in [-0.05, 0) is 124 Å². The van der Waals surface area contributed by atoms with Crippen LogP contribution in [0.1, 0.15) is 149 Å². The highest BCUT2D eigenvalue weighted by molar-refractivity contribution is 7.85. The number of unbranched alkanes of at least 4 members (excludes halogenated alkanes) is 4. The van der Waals surface area contributed by atoms with Crippen LogP contribution in [0.25, 0.3) is 0 Å². The number of nitrogens with one attached hydrogen (secondary N) is 3. The van der Waals surface area contributed by atoms with Gasteiger partial charge >= 0.3 is 43.9 Å². The lowest BCUT2D eigenvalue weighted by molar-refractivity contribution is -0.438. The number of rotatable bonds is 42. The lowest BCUT2D eigenvalue weighted by Gasteiger charge is -2.27. The number of aliphatic carboxylic acids is 1. The number of carbonyl (C=O) groups excluding carboxylic acids is 4. The molecule has 3 aliphatic rings. The Morgan fingerprint density at radius 1 is 0.660 bits per heavy atom. The van der Waals surface area contributed by atoms with Gasteiger partial charge in [0.25, 0.3) is 6.47 Å². The zero-order chi connectivity index (χ0) is 76.4. The van der Waals surface area contributed by atoms with E-state index in [9.17, 15) is 42.0 Å². The number of ether oxygens (including phenoxy) is 7. The molecule has 103 heavy (non-hydrogen) atoms. The molecule has 0 unspecified atom stereocenters. The van der Waals surface area contributed by atoms with Crippen molar-refractivity contribution in [2.45, 2.75) is 166 Å². The summed E-state index contributed by atoms with van der Waals surface area (Å²) in [6, 6.07) is 22.1. The minimum Gasteiger partial charge on any atom is -0.744 e. The van der Waals surface area contributed by atoms with Crippen molar-refractivity contribution in [1.82, 2.24) is 16.0 Å². The Balaban J connectivity index is 0.00000212. The third-order valence-corrected chi connectivity index (χ3v) is 17.1. The fourth-order valence-corrected chi connectivity index (χ4v) is 11.9. The molecule has 2 atom stereocenters. The number of carboxylic acids is 1. The van der Waals surface area contributed by atoms with E-state index >= 15 is 0 Å². The zero-order valence-corrected chi connectivity index (χ0v) is 62.1. The average Bonchev–Trinajstić information content (AvgIpc) is 1.60. The highest BCUT2D eigenvalue weighted by atomic mass is 32.2. The molecule has 2 aliphatic heterocycles.